The van der Waals surface area contributed by atoms with Gasteiger partial charge in [0.05, 0.1) is 23.6 Å². The van der Waals surface area contributed by atoms with Gasteiger partial charge in [-0.2, -0.15) is 0 Å². The third-order valence-corrected chi connectivity index (χ3v) is 6.58. The molecule has 2 N–H and O–H groups in total. The standard InChI is InChI=1S/C27H27F2N7O2/c1-3-22-24(17-4-5-23(30)31-13-17)26(33-15-32-22)18-11-20(28)25(21(29)12-18)27(37)36-8-6-35(7-9-36)14-19-10-16(2)34-38-19/h4-5,10-13,15H,3,6-9,14H2,1-2H3,(H2,30,31). The van der Waals surface area contributed by atoms with Crippen LogP contribution in [0.5, 0.6) is 0 Å². The SMILES string of the molecule is CCc1ncnc(-c2cc(F)c(C(=O)N3CCN(Cc4cc(C)no4)CC3)c(F)c2)c1-c1ccc(N)nc1. The number of nitrogen functional groups attached to an aromatic ring is 1. The first-order valence-electron chi connectivity index (χ1n) is 12.3. The lowest BCUT2D eigenvalue weighted by molar-refractivity contribution is 0.0608. The van der Waals surface area contributed by atoms with Crippen molar-refractivity contribution in [3.63, 3.8) is 0 Å². The number of rotatable bonds is 6. The fourth-order valence-corrected chi connectivity index (χ4v) is 4.66. The van der Waals surface area contributed by atoms with Crippen molar-refractivity contribution in [1.29, 1.82) is 0 Å². The molecule has 1 aliphatic rings. The van der Waals surface area contributed by atoms with Gasteiger partial charge in [0, 0.05) is 55.1 Å². The van der Waals surface area contributed by atoms with Crippen LogP contribution in [0.1, 0.15) is 34.4 Å². The van der Waals surface area contributed by atoms with Crippen LogP contribution in [-0.4, -0.2) is 62.0 Å². The number of carbonyl (C=O) groups excluding carboxylic acids is 1. The number of nitrogens with two attached hydrogens (primary N) is 1. The summed E-state index contributed by atoms with van der Waals surface area (Å²) >= 11 is 0. The first kappa shape index (κ1) is 25.4. The highest BCUT2D eigenvalue weighted by Gasteiger charge is 2.28. The molecule has 4 heterocycles. The van der Waals surface area contributed by atoms with Gasteiger partial charge in [-0.25, -0.2) is 23.7 Å². The number of anilines is 1. The second kappa shape index (κ2) is 10.6. The summed E-state index contributed by atoms with van der Waals surface area (Å²) in [5.74, 6) is -1.48. The Balaban J connectivity index is 1.39. The molecule has 0 radical (unpaired) electrons. The number of carbonyl (C=O) groups is 1. The van der Waals surface area contributed by atoms with Gasteiger partial charge in [-0.3, -0.25) is 9.69 Å². The maximum absolute atomic E-state index is 15.3. The van der Waals surface area contributed by atoms with Gasteiger partial charge < -0.3 is 15.2 Å². The number of hydrogen-bond donors (Lipinski definition) is 1. The number of pyridine rings is 1. The Morgan fingerprint density at radius 1 is 1.03 bits per heavy atom. The monoisotopic (exact) mass is 519 g/mol. The molecule has 0 aliphatic carbocycles. The number of hydrogen-bond acceptors (Lipinski definition) is 8. The van der Waals surface area contributed by atoms with Crippen molar-refractivity contribution in [3.05, 3.63) is 77.2 Å². The maximum Gasteiger partial charge on any atom is 0.259 e. The van der Waals surface area contributed by atoms with E-state index in [4.69, 9.17) is 10.3 Å². The minimum atomic E-state index is -0.942. The van der Waals surface area contributed by atoms with Gasteiger partial charge in [0.25, 0.3) is 5.91 Å². The van der Waals surface area contributed by atoms with Crippen molar-refractivity contribution in [2.24, 2.45) is 0 Å². The Bertz CT molecular complexity index is 1440. The molecule has 0 spiro atoms. The number of nitrogens with zero attached hydrogens (tertiary/aromatic N) is 6. The summed E-state index contributed by atoms with van der Waals surface area (Å²) in [7, 11) is 0. The van der Waals surface area contributed by atoms with Crippen LogP contribution in [0.4, 0.5) is 14.6 Å². The van der Waals surface area contributed by atoms with Gasteiger partial charge in [-0.05, 0) is 37.6 Å². The zero-order chi connectivity index (χ0) is 26.8. The molecule has 196 valence electrons. The van der Waals surface area contributed by atoms with E-state index < -0.39 is 23.1 Å². The third kappa shape index (κ3) is 5.10. The number of aromatic nitrogens is 4. The Morgan fingerprint density at radius 2 is 1.76 bits per heavy atom. The summed E-state index contributed by atoms with van der Waals surface area (Å²) < 4.78 is 36.0. The molecule has 38 heavy (non-hydrogen) atoms. The predicted molar refractivity (Wildman–Crippen MR) is 137 cm³/mol. The van der Waals surface area contributed by atoms with E-state index in [1.165, 1.54) is 11.2 Å². The molecular formula is C27H27F2N7O2. The van der Waals surface area contributed by atoms with Gasteiger partial charge >= 0.3 is 0 Å². The van der Waals surface area contributed by atoms with Crippen molar-refractivity contribution in [2.45, 2.75) is 26.8 Å². The minimum absolute atomic E-state index is 0.202. The van der Waals surface area contributed by atoms with Crippen molar-refractivity contribution >= 4 is 11.7 Å². The van der Waals surface area contributed by atoms with Crippen molar-refractivity contribution < 1.29 is 18.1 Å². The normalized spacial score (nSPS) is 14.2. The quantitative estimate of drug-likeness (QED) is 0.408. The van der Waals surface area contributed by atoms with Crippen molar-refractivity contribution in [3.8, 4) is 22.4 Å². The van der Waals surface area contributed by atoms with Crippen LogP contribution in [-0.2, 0) is 13.0 Å². The molecule has 1 amide bonds. The van der Waals surface area contributed by atoms with E-state index in [0.29, 0.717) is 67.5 Å². The van der Waals surface area contributed by atoms with E-state index >= 15 is 8.78 Å². The number of benzene rings is 1. The first-order chi connectivity index (χ1) is 18.3. The second-order valence-electron chi connectivity index (χ2n) is 9.19. The molecule has 1 saturated heterocycles. The van der Waals surface area contributed by atoms with Gasteiger partial charge in [0.2, 0.25) is 0 Å². The zero-order valence-electron chi connectivity index (χ0n) is 21.1. The minimum Gasteiger partial charge on any atom is -0.384 e. The first-order valence-corrected chi connectivity index (χ1v) is 12.3. The zero-order valence-corrected chi connectivity index (χ0v) is 21.1. The van der Waals surface area contributed by atoms with Crippen LogP contribution >= 0.6 is 0 Å². The smallest absolute Gasteiger partial charge is 0.259 e. The van der Waals surface area contributed by atoms with Gasteiger partial charge in [-0.15, -0.1) is 0 Å². The summed E-state index contributed by atoms with van der Waals surface area (Å²) in [5, 5.41) is 3.88. The highest BCUT2D eigenvalue weighted by molar-refractivity contribution is 5.96. The molecule has 0 atom stereocenters. The summed E-state index contributed by atoms with van der Waals surface area (Å²) in [6.07, 6.45) is 3.50. The Morgan fingerprint density at radius 3 is 2.37 bits per heavy atom. The highest BCUT2D eigenvalue weighted by atomic mass is 19.1. The molecule has 0 unspecified atom stereocenters. The van der Waals surface area contributed by atoms with Gasteiger partial charge in [0.15, 0.2) is 5.76 Å². The molecule has 11 heteroatoms. The number of amides is 1. The fourth-order valence-electron chi connectivity index (χ4n) is 4.66. The average Bonchev–Trinajstić information content (AvgIpc) is 3.32. The molecule has 0 saturated carbocycles. The van der Waals surface area contributed by atoms with E-state index in [1.807, 2.05) is 19.9 Å². The number of aryl methyl sites for hydroxylation is 2. The van der Waals surface area contributed by atoms with Crippen LogP contribution in [0, 0.1) is 18.6 Å². The molecule has 9 nitrogen and oxygen atoms in total. The maximum atomic E-state index is 15.3. The lowest BCUT2D eigenvalue weighted by atomic mass is 9.96. The van der Waals surface area contributed by atoms with Crippen LogP contribution in [0.2, 0.25) is 0 Å². The molecule has 1 aliphatic heterocycles. The topological polar surface area (TPSA) is 114 Å². The van der Waals surface area contributed by atoms with Crippen molar-refractivity contribution in [1.82, 2.24) is 29.9 Å². The van der Waals surface area contributed by atoms with Crippen LogP contribution in [0.15, 0.2) is 47.4 Å². The number of piperazine rings is 1. The molecule has 5 rings (SSSR count). The fraction of sp³-hybridized carbons (Fsp3) is 0.296. The lowest BCUT2D eigenvalue weighted by Gasteiger charge is -2.34. The molecule has 4 aromatic rings. The Labute approximate surface area is 218 Å². The van der Waals surface area contributed by atoms with Crippen LogP contribution in [0.3, 0.4) is 0 Å². The van der Waals surface area contributed by atoms with Gasteiger partial charge in [0.1, 0.15) is 29.3 Å². The summed E-state index contributed by atoms with van der Waals surface area (Å²) in [5.41, 5.74) is 8.47. The highest BCUT2D eigenvalue weighted by Crippen LogP contribution is 2.34. The van der Waals surface area contributed by atoms with Crippen LogP contribution < -0.4 is 5.73 Å². The average molecular weight is 520 g/mol. The Kier molecular flexibility index (Phi) is 7.10. The molecule has 1 aromatic carbocycles. The Hall–Kier alpha value is -4.25. The molecule has 1 fully saturated rings. The van der Waals surface area contributed by atoms with E-state index in [0.717, 1.165) is 23.6 Å². The van der Waals surface area contributed by atoms with Crippen molar-refractivity contribution in [2.75, 3.05) is 31.9 Å². The molecular weight excluding hydrogens is 492 g/mol. The molecule has 3 aromatic heterocycles. The summed E-state index contributed by atoms with van der Waals surface area (Å²) in [4.78, 5) is 29.5. The predicted octanol–water partition coefficient (Wildman–Crippen LogP) is 3.88. The number of halogens is 2. The summed E-state index contributed by atoms with van der Waals surface area (Å²) in [6.45, 7) is 6.11. The summed E-state index contributed by atoms with van der Waals surface area (Å²) in [6, 6.07) is 7.56. The van der Waals surface area contributed by atoms with E-state index in [1.54, 1.807) is 18.3 Å². The van der Waals surface area contributed by atoms with Crippen LogP contribution in [0.25, 0.3) is 22.4 Å². The van der Waals surface area contributed by atoms with E-state index in [-0.39, 0.29) is 5.56 Å². The molecule has 0 bridgehead atoms. The largest absolute Gasteiger partial charge is 0.384 e. The second-order valence-corrected chi connectivity index (χ2v) is 9.19. The van der Waals surface area contributed by atoms with E-state index in [2.05, 4.69) is 25.0 Å². The lowest BCUT2D eigenvalue weighted by Crippen LogP contribution is -2.48. The van der Waals surface area contributed by atoms with E-state index in [9.17, 15) is 4.79 Å². The van der Waals surface area contributed by atoms with Gasteiger partial charge in [-0.1, -0.05) is 12.1 Å². The third-order valence-electron chi connectivity index (χ3n) is 6.58.